The first-order valence-corrected chi connectivity index (χ1v) is 6.85. The molecule has 90 valence electrons. The highest BCUT2D eigenvalue weighted by Gasteiger charge is 2.08. The molecule has 0 saturated heterocycles. The highest BCUT2D eigenvalue weighted by atomic mass is 35.5. The number of rotatable bonds is 4. The fourth-order valence-electron chi connectivity index (χ4n) is 1.42. The molecule has 0 fully saturated rings. The quantitative estimate of drug-likeness (QED) is 0.805. The van der Waals surface area contributed by atoms with Crippen LogP contribution < -0.4 is 4.90 Å². The van der Waals surface area contributed by atoms with Crippen LogP contribution in [0.15, 0.2) is 23.2 Å². The van der Waals surface area contributed by atoms with Gasteiger partial charge in [0.25, 0.3) is 0 Å². The summed E-state index contributed by atoms with van der Waals surface area (Å²) in [5.74, 6) is 1.23. The zero-order valence-corrected chi connectivity index (χ0v) is 11.6. The lowest BCUT2D eigenvalue weighted by Gasteiger charge is -2.17. The van der Waals surface area contributed by atoms with Crippen LogP contribution in [0, 0.1) is 0 Å². The van der Waals surface area contributed by atoms with E-state index in [0.717, 1.165) is 23.6 Å². The molecule has 2 aromatic heterocycles. The van der Waals surface area contributed by atoms with Gasteiger partial charge in [0.1, 0.15) is 5.82 Å². The number of anilines is 1. The minimum Gasteiger partial charge on any atom is -0.354 e. The Balaban J connectivity index is 2.16. The van der Waals surface area contributed by atoms with Gasteiger partial charge < -0.3 is 4.90 Å². The van der Waals surface area contributed by atoms with Gasteiger partial charge in [0.2, 0.25) is 0 Å². The average molecular weight is 288 g/mol. The number of halogens is 2. The zero-order chi connectivity index (χ0) is 12.3. The van der Waals surface area contributed by atoms with Gasteiger partial charge in [0.05, 0.1) is 22.8 Å². The van der Waals surface area contributed by atoms with E-state index in [0.29, 0.717) is 10.9 Å². The second-order valence-electron chi connectivity index (χ2n) is 3.60. The lowest BCUT2D eigenvalue weighted by molar-refractivity contribution is 0.872. The van der Waals surface area contributed by atoms with Gasteiger partial charge in [-0.15, -0.1) is 22.9 Å². The Bertz CT molecular complexity index is 487. The van der Waals surface area contributed by atoms with E-state index in [-0.39, 0.29) is 0 Å². The van der Waals surface area contributed by atoms with Crippen molar-refractivity contribution < 1.29 is 0 Å². The lowest BCUT2D eigenvalue weighted by Crippen LogP contribution is -2.18. The Morgan fingerprint density at radius 3 is 2.88 bits per heavy atom. The van der Waals surface area contributed by atoms with Crippen molar-refractivity contribution in [3.8, 4) is 0 Å². The summed E-state index contributed by atoms with van der Waals surface area (Å²) in [6.45, 7) is 0.722. The Morgan fingerprint density at radius 2 is 2.24 bits per heavy atom. The molecule has 0 aromatic carbocycles. The number of thiazole rings is 1. The standard InChI is InChI=1S/C11H11Cl2N3S/c1-16(5-9-6-17-7-15-9)11-2-8(3-12)10(13)4-14-11/h2,4,6-7H,3,5H2,1H3. The van der Waals surface area contributed by atoms with E-state index in [1.54, 1.807) is 17.5 Å². The Kier molecular flexibility index (Phi) is 4.20. The SMILES string of the molecule is CN(Cc1cscn1)c1cc(CCl)c(Cl)cn1. The number of hydrogen-bond acceptors (Lipinski definition) is 4. The minimum absolute atomic E-state index is 0.388. The second-order valence-corrected chi connectivity index (χ2v) is 5.00. The van der Waals surface area contributed by atoms with E-state index in [1.165, 1.54) is 0 Å². The van der Waals surface area contributed by atoms with Crippen LogP contribution in [0.2, 0.25) is 5.02 Å². The highest BCUT2D eigenvalue weighted by molar-refractivity contribution is 7.07. The molecule has 0 atom stereocenters. The monoisotopic (exact) mass is 287 g/mol. The summed E-state index contributed by atoms with van der Waals surface area (Å²) in [5.41, 5.74) is 3.74. The Labute approximate surface area is 114 Å². The van der Waals surface area contributed by atoms with Crippen molar-refractivity contribution in [1.82, 2.24) is 9.97 Å². The van der Waals surface area contributed by atoms with Gasteiger partial charge in [-0.25, -0.2) is 9.97 Å². The maximum absolute atomic E-state index is 5.97. The van der Waals surface area contributed by atoms with E-state index >= 15 is 0 Å². The van der Waals surface area contributed by atoms with Crippen LogP contribution in [0.1, 0.15) is 11.3 Å². The van der Waals surface area contributed by atoms with E-state index in [4.69, 9.17) is 23.2 Å². The van der Waals surface area contributed by atoms with Gasteiger partial charge in [-0.3, -0.25) is 0 Å². The number of pyridine rings is 1. The molecule has 6 heteroatoms. The van der Waals surface area contributed by atoms with Gasteiger partial charge in [-0.1, -0.05) is 11.6 Å². The molecule has 0 aliphatic heterocycles. The first-order valence-electron chi connectivity index (χ1n) is 4.99. The van der Waals surface area contributed by atoms with Gasteiger partial charge in [-0.2, -0.15) is 0 Å². The van der Waals surface area contributed by atoms with Crippen LogP contribution in [0.5, 0.6) is 0 Å². The first-order chi connectivity index (χ1) is 8.20. The predicted octanol–water partition coefficient (Wildman–Crippen LogP) is 3.57. The molecule has 2 aromatic rings. The molecule has 0 radical (unpaired) electrons. The topological polar surface area (TPSA) is 29.0 Å². The van der Waals surface area contributed by atoms with Crippen molar-refractivity contribution >= 4 is 40.4 Å². The van der Waals surface area contributed by atoms with Gasteiger partial charge in [-0.05, 0) is 11.6 Å². The van der Waals surface area contributed by atoms with Crippen molar-refractivity contribution in [3.05, 3.63) is 39.4 Å². The summed E-state index contributed by atoms with van der Waals surface area (Å²) >= 11 is 13.4. The number of aromatic nitrogens is 2. The van der Waals surface area contributed by atoms with E-state index in [9.17, 15) is 0 Å². The Hall–Kier alpha value is -0.840. The fourth-order valence-corrected chi connectivity index (χ4v) is 2.43. The molecule has 0 saturated carbocycles. The Morgan fingerprint density at radius 1 is 1.41 bits per heavy atom. The molecular weight excluding hydrogens is 277 g/mol. The molecular formula is C11H11Cl2N3S. The normalized spacial score (nSPS) is 10.5. The summed E-state index contributed by atoms with van der Waals surface area (Å²) < 4.78 is 0. The maximum atomic E-state index is 5.97. The van der Waals surface area contributed by atoms with Crippen molar-refractivity contribution in [2.24, 2.45) is 0 Å². The summed E-state index contributed by atoms with van der Waals surface area (Å²) in [7, 11) is 1.97. The van der Waals surface area contributed by atoms with Crippen LogP contribution in [-0.2, 0) is 12.4 Å². The van der Waals surface area contributed by atoms with Crippen LogP contribution in [0.4, 0.5) is 5.82 Å². The van der Waals surface area contributed by atoms with Crippen LogP contribution in [-0.4, -0.2) is 17.0 Å². The molecule has 0 bridgehead atoms. The number of nitrogens with zero attached hydrogens (tertiary/aromatic N) is 3. The van der Waals surface area contributed by atoms with Crippen molar-refractivity contribution in [2.45, 2.75) is 12.4 Å². The van der Waals surface area contributed by atoms with Crippen molar-refractivity contribution in [1.29, 1.82) is 0 Å². The van der Waals surface area contributed by atoms with Gasteiger partial charge in [0.15, 0.2) is 0 Å². The van der Waals surface area contributed by atoms with Gasteiger partial charge >= 0.3 is 0 Å². The summed E-state index contributed by atoms with van der Waals surface area (Å²) in [5, 5.41) is 2.63. The smallest absolute Gasteiger partial charge is 0.128 e. The summed E-state index contributed by atoms with van der Waals surface area (Å²) in [6.07, 6.45) is 1.63. The third-order valence-corrected chi connectivity index (χ3v) is 3.60. The summed E-state index contributed by atoms with van der Waals surface area (Å²) in [4.78, 5) is 10.5. The maximum Gasteiger partial charge on any atom is 0.128 e. The zero-order valence-electron chi connectivity index (χ0n) is 9.23. The molecule has 0 spiro atoms. The molecule has 2 heterocycles. The molecule has 3 nitrogen and oxygen atoms in total. The van der Waals surface area contributed by atoms with E-state index in [1.807, 2.05) is 28.9 Å². The lowest BCUT2D eigenvalue weighted by atomic mass is 10.3. The van der Waals surface area contributed by atoms with Crippen LogP contribution in [0.3, 0.4) is 0 Å². The fraction of sp³-hybridized carbons (Fsp3) is 0.273. The molecule has 0 N–H and O–H groups in total. The van der Waals surface area contributed by atoms with Crippen molar-refractivity contribution in [3.63, 3.8) is 0 Å². The van der Waals surface area contributed by atoms with Crippen molar-refractivity contribution in [2.75, 3.05) is 11.9 Å². The molecule has 0 aliphatic carbocycles. The van der Waals surface area contributed by atoms with E-state index in [2.05, 4.69) is 9.97 Å². The molecule has 0 aliphatic rings. The minimum atomic E-state index is 0.388. The predicted molar refractivity (Wildman–Crippen MR) is 73.0 cm³/mol. The molecule has 0 amide bonds. The largest absolute Gasteiger partial charge is 0.354 e. The third kappa shape index (κ3) is 3.09. The molecule has 17 heavy (non-hydrogen) atoms. The summed E-state index contributed by atoms with van der Waals surface area (Å²) in [6, 6.07) is 1.90. The average Bonchev–Trinajstić information content (AvgIpc) is 2.82. The third-order valence-electron chi connectivity index (χ3n) is 2.34. The number of alkyl halides is 1. The highest BCUT2D eigenvalue weighted by Crippen LogP contribution is 2.22. The van der Waals surface area contributed by atoms with Crippen LogP contribution >= 0.6 is 34.5 Å². The van der Waals surface area contributed by atoms with Crippen LogP contribution in [0.25, 0.3) is 0 Å². The first kappa shape index (κ1) is 12.6. The second kappa shape index (κ2) is 5.67. The molecule has 0 unspecified atom stereocenters. The molecule has 2 rings (SSSR count). The van der Waals surface area contributed by atoms with Gasteiger partial charge in [0, 0.05) is 24.5 Å². The number of hydrogen-bond donors (Lipinski definition) is 0. The van der Waals surface area contributed by atoms with E-state index < -0.39 is 0 Å².